The first-order valence-corrected chi connectivity index (χ1v) is 5.22. The molecule has 0 aromatic rings. The van der Waals surface area contributed by atoms with Gasteiger partial charge in [-0.3, -0.25) is 4.79 Å². The molecule has 0 rings (SSSR count). The highest BCUT2D eigenvalue weighted by molar-refractivity contribution is 7.87. The van der Waals surface area contributed by atoms with Crippen LogP contribution in [0.1, 0.15) is 13.8 Å². The summed E-state index contributed by atoms with van der Waals surface area (Å²) < 4.78 is 25.8. The van der Waals surface area contributed by atoms with E-state index < -0.39 is 22.2 Å². The molecule has 0 aliphatic heterocycles. The normalized spacial score (nSPS) is 14.5. The fourth-order valence-corrected chi connectivity index (χ4v) is 1.52. The Balaban J connectivity index is 4.54. The second-order valence-electron chi connectivity index (χ2n) is 2.89. The topological polar surface area (TPSA) is 95.5 Å². The minimum atomic E-state index is -3.69. The predicted molar refractivity (Wildman–Crippen MR) is 47.4 cm³/mol. The van der Waals surface area contributed by atoms with Crippen LogP contribution in [0.2, 0.25) is 0 Å². The molecule has 6 nitrogen and oxygen atoms in total. The summed E-state index contributed by atoms with van der Waals surface area (Å²) in [4.78, 5) is 10.6. The van der Waals surface area contributed by atoms with Crippen LogP contribution in [-0.2, 0) is 15.0 Å². The lowest BCUT2D eigenvalue weighted by atomic mass is 10.1. The Morgan fingerprint density at radius 1 is 1.38 bits per heavy atom. The molecular formula is C6H14N2O4S. The minimum absolute atomic E-state index is 0.305. The van der Waals surface area contributed by atoms with Crippen LogP contribution < -0.4 is 9.44 Å². The van der Waals surface area contributed by atoms with Crippen LogP contribution in [0.25, 0.3) is 0 Å². The summed E-state index contributed by atoms with van der Waals surface area (Å²) in [6, 6.07) is -1.10. The van der Waals surface area contributed by atoms with Gasteiger partial charge in [0, 0.05) is 7.05 Å². The lowest BCUT2D eigenvalue weighted by Gasteiger charge is -2.16. The molecule has 0 fully saturated rings. The van der Waals surface area contributed by atoms with E-state index in [1.54, 1.807) is 13.8 Å². The molecule has 0 saturated heterocycles. The van der Waals surface area contributed by atoms with E-state index in [9.17, 15) is 13.2 Å². The SMILES string of the molecule is CNS(=O)(=O)N[C@H](C(=O)O)C(C)C. The molecule has 0 spiro atoms. The first-order valence-electron chi connectivity index (χ1n) is 3.73. The molecule has 1 atom stereocenters. The predicted octanol–water partition coefficient (Wildman–Crippen LogP) is -0.851. The van der Waals surface area contributed by atoms with Gasteiger partial charge < -0.3 is 5.11 Å². The van der Waals surface area contributed by atoms with Gasteiger partial charge in [0.1, 0.15) is 6.04 Å². The van der Waals surface area contributed by atoms with Crippen molar-refractivity contribution in [3.63, 3.8) is 0 Å². The standard InChI is InChI=1S/C6H14N2O4S/c1-4(2)5(6(9)10)8-13(11,12)7-3/h4-5,7-8H,1-3H3,(H,9,10)/t5-/m0/s1. The lowest BCUT2D eigenvalue weighted by molar-refractivity contribution is -0.140. The van der Waals surface area contributed by atoms with Gasteiger partial charge in [-0.05, 0) is 5.92 Å². The molecule has 7 heteroatoms. The van der Waals surface area contributed by atoms with E-state index in [1.165, 1.54) is 7.05 Å². The molecule has 0 aromatic carbocycles. The zero-order valence-electron chi connectivity index (χ0n) is 7.73. The second kappa shape index (κ2) is 4.54. The van der Waals surface area contributed by atoms with E-state index in [0.717, 1.165) is 0 Å². The third kappa shape index (κ3) is 4.20. The van der Waals surface area contributed by atoms with Crippen LogP contribution in [-0.4, -0.2) is 32.6 Å². The van der Waals surface area contributed by atoms with E-state index in [0.29, 0.717) is 0 Å². The monoisotopic (exact) mass is 210 g/mol. The maximum atomic E-state index is 10.9. The van der Waals surface area contributed by atoms with Crippen molar-refractivity contribution in [1.29, 1.82) is 0 Å². The van der Waals surface area contributed by atoms with Crippen molar-refractivity contribution in [2.45, 2.75) is 19.9 Å². The molecule has 78 valence electrons. The maximum Gasteiger partial charge on any atom is 0.322 e. The van der Waals surface area contributed by atoms with Gasteiger partial charge >= 0.3 is 5.97 Å². The second-order valence-corrected chi connectivity index (χ2v) is 4.54. The fraction of sp³-hybridized carbons (Fsp3) is 0.833. The van der Waals surface area contributed by atoms with Gasteiger partial charge in [0.25, 0.3) is 10.2 Å². The number of hydrogen-bond donors (Lipinski definition) is 3. The molecule has 0 aliphatic rings. The van der Waals surface area contributed by atoms with Gasteiger partial charge in [-0.15, -0.1) is 0 Å². The Kier molecular flexibility index (Phi) is 4.31. The average molecular weight is 210 g/mol. The molecule has 0 aromatic heterocycles. The number of carboxylic acids is 1. The van der Waals surface area contributed by atoms with Gasteiger partial charge in [0.05, 0.1) is 0 Å². The molecule has 0 saturated carbocycles. The highest BCUT2D eigenvalue weighted by Crippen LogP contribution is 2.02. The average Bonchev–Trinajstić information content (AvgIpc) is 1.99. The van der Waals surface area contributed by atoms with Crippen LogP contribution in [0.4, 0.5) is 0 Å². The summed E-state index contributed by atoms with van der Waals surface area (Å²) in [6.07, 6.45) is 0. The number of carbonyl (C=O) groups is 1. The van der Waals surface area contributed by atoms with Crippen molar-refractivity contribution in [2.24, 2.45) is 5.92 Å². The molecule has 0 amide bonds. The Hall–Kier alpha value is -0.660. The van der Waals surface area contributed by atoms with E-state index in [4.69, 9.17) is 5.11 Å². The van der Waals surface area contributed by atoms with Gasteiger partial charge in [-0.2, -0.15) is 13.1 Å². The fourth-order valence-electron chi connectivity index (χ4n) is 0.698. The summed E-state index contributed by atoms with van der Waals surface area (Å²) in [6.45, 7) is 3.24. The maximum absolute atomic E-state index is 10.9. The largest absolute Gasteiger partial charge is 0.480 e. The van der Waals surface area contributed by atoms with E-state index >= 15 is 0 Å². The number of aliphatic carboxylic acids is 1. The molecule has 0 aliphatic carbocycles. The summed E-state index contributed by atoms with van der Waals surface area (Å²) in [5, 5.41) is 8.65. The van der Waals surface area contributed by atoms with Crippen LogP contribution in [0, 0.1) is 5.92 Å². The third-order valence-electron chi connectivity index (χ3n) is 1.48. The Morgan fingerprint density at radius 3 is 2.08 bits per heavy atom. The zero-order valence-corrected chi connectivity index (χ0v) is 8.55. The summed E-state index contributed by atoms with van der Waals surface area (Å²) >= 11 is 0. The molecule has 0 heterocycles. The van der Waals surface area contributed by atoms with E-state index in [2.05, 4.69) is 0 Å². The van der Waals surface area contributed by atoms with Gasteiger partial charge in [-0.1, -0.05) is 13.8 Å². The first-order chi connectivity index (χ1) is 5.80. The Bertz CT molecular complexity index is 272. The van der Waals surface area contributed by atoms with Gasteiger partial charge in [-0.25, -0.2) is 4.72 Å². The van der Waals surface area contributed by atoms with E-state index in [1.807, 2.05) is 9.44 Å². The van der Waals surface area contributed by atoms with Crippen LogP contribution in [0.5, 0.6) is 0 Å². The Morgan fingerprint density at radius 2 is 1.85 bits per heavy atom. The first kappa shape index (κ1) is 12.3. The van der Waals surface area contributed by atoms with Crippen molar-refractivity contribution in [2.75, 3.05) is 7.05 Å². The van der Waals surface area contributed by atoms with Crippen molar-refractivity contribution in [1.82, 2.24) is 9.44 Å². The van der Waals surface area contributed by atoms with Gasteiger partial charge in [0.15, 0.2) is 0 Å². The highest BCUT2D eigenvalue weighted by atomic mass is 32.2. The lowest BCUT2D eigenvalue weighted by Crippen LogP contribution is -2.48. The Labute approximate surface area is 77.5 Å². The van der Waals surface area contributed by atoms with E-state index in [-0.39, 0.29) is 5.92 Å². The van der Waals surface area contributed by atoms with Crippen LogP contribution in [0.3, 0.4) is 0 Å². The van der Waals surface area contributed by atoms with Gasteiger partial charge in [0.2, 0.25) is 0 Å². The summed E-state index contributed by atoms with van der Waals surface area (Å²) in [5.41, 5.74) is 0. The minimum Gasteiger partial charge on any atom is -0.480 e. The van der Waals surface area contributed by atoms with Crippen LogP contribution >= 0.6 is 0 Å². The third-order valence-corrected chi connectivity index (χ3v) is 2.59. The summed E-state index contributed by atoms with van der Waals surface area (Å²) in [5.74, 6) is -1.49. The number of nitrogens with one attached hydrogen (secondary N) is 2. The smallest absolute Gasteiger partial charge is 0.322 e. The van der Waals surface area contributed by atoms with Crippen molar-refractivity contribution in [3.05, 3.63) is 0 Å². The van der Waals surface area contributed by atoms with Crippen molar-refractivity contribution >= 4 is 16.2 Å². The molecule has 3 N–H and O–H groups in total. The quantitative estimate of drug-likeness (QED) is 0.550. The molecule has 0 radical (unpaired) electrons. The van der Waals surface area contributed by atoms with Crippen molar-refractivity contribution in [3.8, 4) is 0 Å². The number of hydrogen-bond acceptors (Lipinski definition) is 3. The summed E-state index contributed by atoms with van der Waals surface area (Å²) in [7, 11) is -2.48. The molecular weight excluding hydrogens is 196 g/mol. The number of carboxylic acid groups (broad SMARTS) is 1. The molecule has 13 heavy (non-hydrogen) atoms. The highest BCUT2D eigenvalue weighted by Gasteiger charge is 2.25. The number of rotatable bonds is 5. The molecule has 0 unspecified atom stereocenters. The molecule has 0 bridgehead atoms. The van der Waals surface area contributed by atoms with Crippen molar-refractivity contribution < 1.29 is 18.3 Å². The zero-order chi connectivity index (χ0) is 10.6. The van der Waals surface area contributed by atoms with Crippen LogP contribution in [0.15, 0.2) is 0 Å².